The van der Waals surface area contributed by atoms with E-state index in [4.69, 9.17) is 0 Å². The van der Waals surface area contributed by atoms with E-state index in [2.05, 4.69) is 34.4 Å². The van der Waals surface area contributed by atoms with Crippen molar-refractivity contribution < 1.29 is 0 Å². The Balaban J connectivity index is 2.13. The largest absolute Gasteiger partial charge is 0.367 e. The number of aromatic nitrogens is 2. The summed E-state index contributed by atoms with van der Waals surface area (Å²) in [5.41, 5.74) is 1.24. The molecule has 4 nitrogen and oxygen atoms in total. The molecule has 0 bridgehead atoms. The first-order chi connectivity index (χ1) is 8.70. The number of rotatable bonds is 4. The molecule has 0 aliphatic carbocycles. The third kappa shape index (κ3) is 3.19. The molecule has 2 atom stereocenters. The lowest BCUT2D eigenvalue weighted by Crippen LogP contribution is -2.42. The van der Waals surface area contributed by atoms with Crippen molar-refractivity contribution in [1.29, 1.82) is 0 Å². The van der Waals surface area contributed by atoms with Crippen LogP contribution in [0.25, 0.3) is 0 Å². The van der Waals surface area contributed by atoms with Gasteiger partial charge >= 0.3 is 0 Å². The fourth-order valence-electron chi connectivity index (χ4n) is 2.48. The SMILES string of the molecule is CCCc1cnc(C)nc1N[C@@H]1CCNC[C@@H]1C. The van der Waals surface area contributed by atoms with Crippen LogP contribution in [0.1, 0.15) is 38.1 Å². The van der Waals surface area contributed by atoms with Gasteiger partial charge in [-0.05, 0) is 38.8 Å². The molecule has 1 aliphatic rings. The van der Waals surface area contributed by atoms with Crippen LogP contribution in [-0.4, -0.2) is 29.1 Å². The first kappa shape index (κ1) is 13.3. The highest BCUT2D eigenvalue weighted by atomic mass is 15.1. The summed E-state index contributed by atoms with van der Waals surface area (Å²) in [6.07, 6.45) is 5.31. The second-order valence-corrected chi connectivity index (χ2v) is 5.26. The highest BCUT2D eigenvalue weighted by Gasteiger charge is 2.22. The van der Waals surface area contributed by atoms with E-state index in [-0.39, 0.29) is 0 Å². The van der Waals surface area contributed by atoms with E-state index in [0.717, 1.165) is 44.0 Å². The van der Waals surface area contributed by atoms with Crippen LogP contribution in [0, 0.1) is 12.8 Å². The summed E-state index contributed by atoms with van der Waals surface area (Å²) >= 11 is 0. The topological polar surface area (TPSA) is 49.8 Å². The van der Waals surface area contributed by atoms with Crippen molar-refractivity contribution in [1.82, 2.24) is 15.3 Å². The van der Waals surface area contributed by atoms with Gasteiger partial charge in [0.15, 0.2) is 0 Å². The number of piperidine rings is 1. The molecule has 2 rings (SSSR count). The smallest absolute Gasteiger partial charge is 0.133 e. The van der Waals surface area contributed by atoms with Gasteiger partial charge in [-0.15, -0.1) is 0 Å². The number of hydrogen-bond acceptors (Lipinski definition) is 4. The van der Waals surface area contributed by atoms with Crippen molar-refractivity contribution in [2.45, 2.75) is 46.1 Å². The lowest BCUT2D eigenvalue weighted by Gasteiger charge is -2.31. The zero-order chi connectivity index (χ0) is 13.0. The fraction of sp³-hybridized carbons (Fsp3) is 0.714. The maximum atomic E-state index is 4.58. The minimum absolute atomic E-state index is 0.524. The van der Waals surface area contributed by atoms with Crippen molar-refractivity contribution in [3.8, 4) is 0 Å². The minimum atomic E-state index is 0.524. The molecular formula is C14H24N4. The van der Waals surface area contributed by atoms with Crippen LogP contribution in [0.5, 0.6) is 0 Å². The van der Waals surface area contributed by atoms with E-state index in [1.807, 2.05) is 13.1 Å². The van der Waals surface area contributed by atoms with Crippen molar-refractivity contribution in [2.75, 3.05) is 18.4 Å². The van der Waals surface area contributed by atoms with Gasteiger partial charge in [-0.2, -0.15) is 0 Å². The van der Waals surface area contributed by atoms with E-state index in [1.165, 1.54) is 5.56 Å². The van der Waals surface area contributed by atoms with Crippen molar-refractivity contribution in [3.05, 3.63) is 17.6 Å². The lowest BCUT2D eigenvalue weighted by molar-refractivity contribution is 0.367. The Morgan fingerprint density at radius 2 is 2.33 bits per heavy atom. The summed E-state index contributed by atoms with van der Waals surface area (Å²) in [4.78, 5) is 8.88. The first-order valence-corrected chi connectivity index (χ1v) is 7.00. The van der Waals surface area contributed by atoms with E-state index in [1.54, 1.807) is 0 Å². The van der Waals surface area contributed by atoms with E-state index in [9.17, 15) is 0 Å². The van der Waals surface area contributed by atoms with Gasteiger partial charge in [0.2, 0.25) is 0 Å². The molecule has 0 unspecified atom stereocenters. The van der Waals surface area contributed by atoms with Crippen LogP contribution >= 0.6 is 0 Å². The summed E-state index contributed by atoms with van der Waals surface area (Å²) < 4.78 is 0. The van der Waals surface area contributed by atoms with Crippen molar-refractivity contribution in [3.63, 3.8) is 0 Å². The Hall–Kier alpha value is -1.16. The number of nitrogens with one attached hydrogen (secondary N) is 2. The molecular weight excluding hydrogens is 224 g/mol. The Kier molecular flexibility index (Phi) is 4.53. The molecule has 0 amide bonds. The van der Waals surface area contributed by atoms with Gasteiger partial charge in [0, 0.05) is 17.8 Å². The average molecular weight is 248 g/mol. The van der Waals surface area contributed by atoms with Crippen molar-refractivity contribution >= 4 is 5.82 Å². The molecule has 18 heavy (non-hydrogen) atoms. The van der Waals surface area contributed by atoms with E-state index < -0.39 is 0 Å². The molecule has 1 aromatic rings. The number of nitrogens with zero attached hydrogens (tertiary/aromatic N) is 2. The second kappa shape index (κ2) is 6.14. The van der Waals surface area contributed by atoms with Crippen LogP contribution in [-0.2, 0) is 6.42 Å². The van der Waals surface area contributed by atoms with Crippen LogP contribution in [0.4, 0.5) is 5.82 Å². The van der Waals surface area contributed by atoms with Gasteiger partial charge < -0.3 is 10.6 Å². The standard InChI is InChI=1S/C14H24N4/c1-4-5-12-9-16-11(3)17-14(12)18-13-6-7-15-8-10(13)2/h9-10,13,15H,4-8H2,1-3H3,(H,16,17,18)/t10-,13+/m0/s1. The zero-order valence-corrected chi connectivity index (χ0v) is 11.7. The summed E-state index contributed by atoms with van der Waals surface area (Å²) in [6, 6.07) is 0.524. The minimum Gasteiger partial charge on any atom is -0.367 e. The van der Waals surface area contributed by atoms with Gasteiger partial charge in [0.1, 0.15) is 11.6 Å². The predicted octanol–water partition coefficient (Wildman–Crippen LogP) is 2.15. The molecule has 4 heteroatoms. The third-order valence-electron chi connectivity index (χ3n) is 3.61. The second-order valence-electron chi connectivity index (χ2n) is 5.26. The Morgan fingerprint density at radius 3 is 3.06 bits per heavy atom. The number of anilines is 1. The van der Waals surface area contributed by atoms with E-state index >= 15 is 0 Å². The summed E-state index contributed by atoms with van der Waals surface area (Å²) in [5, 5.41) is 7.06. The average Bonchev–Trinajstić information content (AvgIpc) is 2.36. The molecule has 0 aromatic carbocycles. The molecule has 0 radical (unpaired) electrons. The van der Waals surface area contributed by atoms with E-state index in [0.29, 0.717) is 12.0 Å². The van der Waals surface area contributed by atoms with Gasteiger partial charge in [-0.1, -0.05) is 20.3 Å². The zero-order valence-electron chi connectivity index (χ0n) is 11.7. The molecule has 0 spiro atoms. The summed E-state index contributed by atoms with van der Waals surface area (Å²) in [5.74, 6) is 2.53. The summed E-state index contributed by atoms with van der Waals surface area (Å²) in [7, 11) is 0. The fourth-order valence-corrected chi connectivity index (χ4v) is 2.48. The van der Waals surface area contributed by atoms with Gasteiger partial charge in [-0.3, -0.25) is 0 Å². The van der Waals surface area contributed by atoms with Crippen LogP contribution in [0.15, 0.2) is 6.20 Å². The lowest BCUT2D eigenvalue weighted by atomic mass is 9.95. The quantitative estimate of drug-likeness (QED) is 0.857. The van der Waals surface area contributed by atoms with Gasteiger partial charge in [0.25, 0.3) is 0 Å². The Labute approximate surface area is 110 Å². The molecule has 1 aromatic heterocycles. The number of aryl methyl sites for hydroxylation is 2. The van der Waals surface area contributed by atoms with Gasteiger partial charge in [-0.25, -0.2) is 9.97 Å². The first-order valence-electron chi connectivity index (χ1n) is 7.00. The van der Waals surface area contributed by atoms with Crippen molar-refractivity contribution in [2.24, 2.45) is 5.92 Å². The molecule has 0 saturated carbocycles. The van der Waals surface area contributed by atoms with Crippen LogP contribution in [0.2, 0.25) is 0 Å². The van der Waals surface area contributed by atoms with Crippen LogP contribution in [0.3, 0.4) is 0 Å². The molecule has 1 saturated heterocycles. The normalized spacial score (nSPS) is 23.9. The Bertz CT molecular complexity index is 391. The maximum absolute atomic E-state index is 4.58. The predicted molar refractivity (Wildman–Crippen MR) is 74.8 cm³/mol. The molecule has 1 aliphatic heterocycles. The molecule has 1 fully saturated rings. The highest BCUT2D eigenvalue weighted by Crippen LogP contribution is 2.20. The molecule has 2 heterocycles. The highest BCUT2D eigenvalue weighted by molar-refractivity contribution is 5.44. The third-order valence-corrected chi connectivity index (χ3v) is 3.61. The Morgan fingerprint density at radius 1 is 1.50 bits per heavy atom. The maximum Gasteiger partial charge on any atom is 0.133 e. The van der Waals surface area contributed by atoms with Gasteiger partial charge in [0.05, 0.1) is 0 Å². The number of hydrogen-bond donors (Lipinski definition) is 2. The van der Waals surface area contributed by atoms with Crippen LogP contribution < -0.4 is 10.6 Å². The molecule has 100 valence electrons. The monoisotopic (exact) mass is 248 g/mol. The summed E-state index contributed by atoms with van der Waals surface area (Å²) in [6.45, 7) is 8.61. The molecule has 2 N–H and O–H groups in total.